The van der Waals surface area contributed by atoms with Gasteiger partial charge in [0.1, 0.15) is 11.3 Å². The molecule has 0 unspecified atom stereocenters. The summed E-state index contributed by atoms with van der Waals surface area (Å²) < 4.78 is 6.10. The van der Waals surface area contributed by atoms with Crippen LogP contribution in [0, 0.1) is 6.92 Å². The van der Waals surface area contributed by atoms with E-state index < -0.39 is 0 Å². The third-order valence-electron chi connectivity index (χ3n) is 5.66. The molecule has 2 heterocycles. The molecule has 144 valence electrons. The van der Waals surface area contributed by atoms with Crippen LogP contribution < -0.4 is 0 Å². The van der Waals surface area contributed by atoms with Crippen LogP contribution in [0.25, 0.3) is 33.1 Å². The van der Waals surface area contributed by atoms with E-state index in [1.54, 1.807) is 0 Å². The maximum Gasteiger partial charge on any atom is 0.261 e. The Kier molecular flexibility index (Phi) is 4.02. The number of aryl methyl sites for hydroxylation is 1. The third kappa shape index (κ3) is 2.67. The van der Waals surface area contributed by atoms with Gasteiger partial charge < -0.3 is 4.42 Å². The molecule has 0 N–H and O–H groups in total. The summed E-state index contributed by atoms with van der Waals surface area (Å²) in [6.45, 7) is 4.55. The van der Waals surface area contributed by atoms with Crippen molar-refractivity contribution in [1.29, 1.82) is 0 Å². The summed E-state index contributed by atoms with van der Waals surface area (Å²) in [5, 5.41) is 2.63. The van der Waals surface area contributed by atoms with Crippen LogP contribution in [0.3, 0.4) is 0 Å². The summed E-state index contributed by atoms with van der Waals surface area (Å²) >= 11 is 0. The topological polar surface area (TPSA) is 50.5 Å². The summed E-state index contributed by atoms with van der Waals surface area (Å²) in [5.74, 6) is 0.320. The zero-order chi connectivity index (χ0) is 20.1. The van der Waals surface area contributed by atoms with Gasteiger partial charge in [0, 0.05) is 34.0 Å². The van der Waals surface area contributed by atoms with E-state index in [0.29, 0.717) is 17.7 Å². The van der Waals surface area contributed by atoms with Crippen LogP contribution in [-0.4, -0.2) is 23.3 Å². The highest BCUT2D eigenvalue weighted by atomic mass is 16.3. The van der Waals surface area contributed by atoms with Gasteiger partial charge in [-0.15, -0.1) is 0 Å². The fraction of sp³-hybridized carbons (Fsp3) is 0.200. The van der Waals surface area contributed by atoms with E-state index in [-0.39, 0.29) is 11.8 Å². The minimum atomic E-state index is -0.209. The highest BCUT2D eigenvalue weighted by Gasteiger charge is 2.33. The summed E-state index contributed by atoms with van der Waals surface area (Å²) in [5.41, 5.74) is 4.06. The third-order valence-corrected chi connectivity index (χ3v) is 5.66. The number of imide groups is 1. The van der Waals surface area contributed by atoms with E-state index in [9.17, 15) is 9.59 Å². The lowest BCUT2D eigenvalue weighted by molar-refractivity contribution is 0.0608. The van der Waals surface area contributed by atoms with Crippen molar-refractivity contribution in [1.82, 2.24) is 4.90 Å². The van der Waals surface area contributed by atoms with Gasteiger partial charge in [-0.25, -0.2) is 0 Å². The zero-order valence-corrected chi connectivity index (χ0v) is 16.5. The van der Waals surface area contributed by atoms with E-state index in [1.807, 2.05) is 48.5 Å². The minimum absolute atomic E-state index is 0.209. The molecule has 0 bridgehead atoms. The molecule has 0 aliphatic carbocycles. The molecule has 4 aromatic rings. The number of rotatable bonds is 4. The molecule has 0 atom stereocenters. The quantitative estimate of drug-likeness (QED) is 0.409. The summed E-state index contributed by atoms with van der Waals surface area (Å²) in [6, 6.07) is 17.5. The smallest absolute Gasteiger partial charge is 0.261 e. The van der Waals surface area contributed by atoms with Crippen LogP contribution in [0.1, 0.15) is 46.0 Å². The van der Waals surface area contributed by atoms with Gasteiger partial charge in [0.25, 0.3) is 11.8 Å². The number of unbranched alkanes of at least 4 members (excludes halogenated alkanes) is 1. The molecule has 29 heavy (non-hydrogen) atoms. The molecule has 0 saturated carbocycles. The molecule has 0 fully saturated rings. The monoisotopic (exact) mass is 383 g/mol. The van der Waals surface area contributed by atoms with Gasteiger partial charge in [-0.2, -0.15) is 0 Å². The zero-order valence-electron chi connectivity index (χ0n) is 16.5. The lowest BCUT2D eigenvalue weighted by Gasteiger charge is -2.27. The maximum atomic E-state index is 13.0. The van der Waals surface area contributed by atoms with Crippen LogP contribution in [0.2, 0.25) is 0 Å². The Balaban J connectivity index is 1.71. The van der Waals surface area contributed by atoms with Crippen molar-refractivity contribution < 1.29 is 14.0 Å². The van der Waals surface area contributed by atoms with Gasteiger partial charge in [-0.3, -0.25) is 14.5 Å². The van der Waals surface area contributed by atoms with Crippen molar-refractivity contribution in [3.05, 3.63) is 71.3 Å². The number of hydrogen-bond donors (Lipinski definition) is 0. The molecule has 2 amide bonds. The Morgan fingerprint density at radius 2 is 1.66 bits per heavy atom. The first-order valence-corrected chi connectivity index (χ1v) is 10.0. The normalized spacial score (nSPS) is 13.7. The van der Waals surface area contributed by atoms with Crippen molar-refractivity contribution in [2.75, 3.05) is 6.54 Å². The molecule has 4 nitrogen and oxygen atoms in total. The van der Waals surface area contributed by atoms with Crippen molar-refractivity contribution in [3.8, 4) is 11.3 Å². The van der Waals surface area contributed by atoms with Gasteiger partial charge in [0.15, 0.2) is 0 Å². The number of furan rings is 1. The molecular formula is C25H21NO3. The van der Waals surface area contributed by atoms with Gasteiger partial charge >= 0.3 is 0 Å². The van der Waals surface area contributed by atoms with Crippen LogP contribution in [0.4, 0.5) is 0 Å². The fourth-order valence-corrected chi connectivity index (χ4v) is 4.18. The van der Waals surface area contributed by atoms with Gasteiger partial charge in [0.2, 0.25) is 0 Å². The van der Waals surface area contributed by atoms with E-state index in [2.05, 4.69) is 19.9 Å². The number of carbonyl (C=O) groups is 2. The minimum Gasteiger partial charge on any atom is -0.456 e. The molecule has 5 rings (SSSR count). The van der Waals surface area contributed by atoms with Crippen molar-refractivity contribution in [2.45, 2.75) is 26.7 Å². The van der Waals surface area contributed by atoms with Crippen molar-refractivity contribution in [3.63, 3.8) is 0 Å². The SMILES string of the molecule is CCCCN1C(=O)c2cccc3c(-c4cc5cc(C)ccc5o4)ccc(c23)C1=O. The number of amides is 2. The second-order valence-corrected chi connectivity index (χ2v) is 7.66. The largest absolute Gasteiger partial charge is 0.456 e. The second-order valence-electron chi connectivity index (χ2n) is 7.66. The maximum absolute atomic E-state index is 13.0. The number of nitrogens with zero attached hydrogens (tertiary/aromatic N) is 1. The highest BCUT2D eigenvalue weighted by molar-refractivity contribution is 6.26. The highest BCUT2D eigenvalue weighted by Crippen LogP contribution is 2.38. The molecule has 3 aromatic carbocycles. The molecular weight excluding hydrogens is 362 g/mol. The van der Waals surface area contributed by atoms with Crippen LogP contribution >= 0.6 is 0 Å². The van der Waals surface area contributed by atoms with E-state index >= 15 is 0 Å². The molecule has 1 aromatic heterocycles. The Morgan fingerprint density at radius 3 is 2.45 bits per heavy atom. The van der Waals surface area contributed by atoms with Crippen LogP contribution in [0.5, 0.6) is 0 Å². The first-order chi connectivity index (χ1) is 14.1. The Bertz CT molecular complexity index is 1280. The van der Waals surface area contributed by atoms with Crippen molar-refractivity contribution >= 4 is 33.6 Å². The molecule has 4 heteroatoms. The summed E-state index contributed by atoms with van der Waals surface area (Å²) in [6.07, 6.45) is 1.73. The van der Waals surface area contributed by atoms with E-state index in [1.165, 1.54) is 10.5 Å². The molecule has 1 aliphatic heterocycles. The number of benzene rings is 3. The molecule has 1 aliphatic rings. The Hall–Kier alpha value is -3.40. The van der Waals surface area contributed by atoms with Crippen LogP contribution in [-0.2, 0) is 0 Å². The van der Waals surface area contributed by atoms with Crippen LogP contribution in [0.15, 0.2) is 59.0 Å². The lowest BCUT2D eigenvalue weighted by atomic mass is 9.90. The van der Waals surface area contributed by atoms with Gasteiger partial charge in [0.05, 0.1) is 0 Å². The first kappa shape index (κ1) is 17.7. The number of fused-ring (bicyclic) bond motifs is 1. The predicted octanol–water partition coefficient (Wildman–Crippen LogP) is 5.96. The van der Waals surface area contributed by atoms with E-state index in [0.717, 1.165) is 45.9 Å². The average molecular weight is 383 g/mol. The Morgan fingerprint density at radius 1 is 0.897 bits per heavy atom. The first-order valence-electron chi connectivity index (χ1n) is 10.0. The predicted molar refractivity (Wildman–Crippen MR) is 114 cm³/mol. The van der Waals surface area contributed by atoms with Gasteiger partial charge in [-0.1, -0.05) is 37.1 Å². The average Bonchev–Trinajstić information content (AvgIpc) is 3.14. The van der Waals surface area contributed by atoms with Gasteiger partial charge in [-0.05, 0) is 55.1 Å². The number of hydrogen-bond acceptors (Lipinski definition) is 3. The summed E-state index contributed by atoms with van der Waals surface area (Å²) in [7, 11) is 0. The molecule has 0 spiro atoms. The Labute approximate surface area is 168 Å². The standard InChI is InChI=1S/C25H21NO3/c1-3-4-12-26-24(27)19-7-5-6-18-17(9-10-20(23(18)19)25(26)28)22-14-16-13-15(2)8-11-21(16)29-22/h5-11,13-14H,3-4,12H2,1-2H3. The number of carbonyl (C=O) groups excluding carboxylic acids is 2. The summed E-state index contributed by atoms with van der Waals surface area (Å²) in [4.78, 5) is 27.4. The molecule has 0 saturated heterocycles. The fourth-order valence-electron chi connectivity index (χ4n) is 4.18. The van der Waals surface area contributed by atoms with Crippen molar-refractivity contribution in [2.24, 2.45) is 0 Å². The lowest BCUT2D eigenvalue weighted by Crippen LogP contribution is -2.40. The van der Waals surface area contributed by atoms with E-state index in [4.69, 9.17) is 4.42 Å². The molecule has 0 radical (unpaired) electrons. The second kappa shape index (κ2) is 6.59.